The van der Waals surface area contributed by atoms with E-state index in [1.54, 1.807) is 52.6 Å². The Hall–Kier alpha value is -2.80. The highest BCUT2D eigenvalue weighted by atomic mass is 16.6. The van der Waals surface area contributed by atoms with Crippen LogP contribution in [0.3, 0.4) is 0 Å². The number of ether oxygens (including phenoxy) is 3. The van der Waals surface area contributed by atoms with Crippen molar-refractivity contribution in [1.29, 1.82) is 0 Å². The van der Waals surface area contributed by atoms with Crippen molar-refractivity contribution in [3.05, 3.63) is 53.9 Å². The number of benzene rings is 1. The van der Waals surface area contributed by atoms with Gasteiger partial charge >= 0.3 is 6.09 Å². The van der Waals surface area contributed by atoms with Gasteiger partial charge in [0, 0.05) is 24.5 Å². The van der Waals surface area contributed by atoms with Gasteiger partial charge in [0.05, 0.1) is 14.2 Å². The second-order valence-electron chi connectivity index (χ2n) is 6.75. The highest BCUT2D eigenvalue weighted by Crippen LogP contribution is 2.44. The highest BCUT2D eigenvalue weighted by Gasteiger charge is 2.60. The predicted octanol–water partition coefficient (Wildman–Crippen LogP) is 2.72. The zero-order chi connectivity index (χ0) is 19.7. The smallest absolute Gasteiger partial charge is 0.413 e. The summed E-state index contributed by atoms with van der Waals surface area (Å²) in [5.74, 6) is 1.25. The Morgan fingerprint density at radius 1 is 1.19 bits per heavy atom. The molecule has 0 radical (unpaired) electrons. The second kappa shape index (κ2) is 7.08. The van der Waals surface area contributed by atoms with Crippen molar-refractivity contribution in [2.75, 3.05) is 20.8 Å². The number of aliphatic hydroxyl groups is 1. The van der Waals surface area contributed by atoms with Crippen LogP contribution < -0.4 is 9.47 Å². The SMILES string of the molecule is COc1ccc(CCN2C(=O)OC(C)(c3cccnc3)C2(C)O)cc1OC. The standard InChI is InChI=1S/C20H24N2O5/c1-19(15-6-5-10-21-13-15)20(2,24)22(18(23)27-19)11-9-14-7-8-16(25-3)17(12-14)26-4/h5-8,10,12-13,24H,9,11H2,1-4H3. The maximum absolute atomic E-state index is 12.5. The first kappa shape index (κ1) is 19.0. The van der Waals surface area contributed by atoms with Gasteiger partial charge in [-0.05, 0) is 44.0 Å². The molecule has 1 fully saturated rings. The van der Waals surface area contributed by atoms with Gasteiger partial charge in [-0.3, -0.25) is 9.88 Å². The van der Waals surface area contributed by atoms with Gasteiger partial charge in [0.2, 0.25) is 0 Å². The summed E-state index contributed by atoms with van der Waals surface area (Å²) < 4.78 is 16.1. The molecule has 7 nitrogen and oxygen atoms in total. The van der Waals surface area contributed by atoms with Crippen LogP contribution in [0.25, 0.3) is 0 Å². The fourth-order valence-corrected chi connectivity index (χ4v) is 3.33. The van der Waals surface area contributed by atoms with Crippen molar-refractivity contribution in [2.45, 2.75) is 31.6 Å². The summed E-state index contributed by atoms with van der Waals surface area (Å²) in [6, 6.07) is 9.10. The van der Waals surface area contributed by atoms with Gasteiger partial charge in [-0.15, -0.1) is 0 Å². The molecule has 0 aliphatic carbocycles. The molecule has 1 amide bonds. The van der Waals surface area contributed by atoms with E-state index in [1.165, 1.54) is 4.90 Å². The van der Waals surface area contributed by atoms with Crippen molar-refractivity contribution < 1.29 is 24.1 Å². The van der Waals surface area contributed by atoms with Gasteiger partial charge in [0.15, 0.2) is 22.8 Å². The van der Waals surface area contributed by atoms with Crippen molar-refractivity contribution in [1.82, 2.24) is 9.88 Å². The molecule has 0 spiro atoms. The van der Waals surface area contributed by atoms with E-state index >= 15 is 0 Å². The van der Waals surface area contributed by atoms with Crippen LogP contribution in [0.15, 0.2) is 42.7 Å². The van der Waals surface area contributed by atoms with Crippen LogP contribution in [-0.4, -0.2) is 47.6 Å². The molecule has 0 saturated carbocycles. The van der Waals surface area contributed by atoms with Crippen molar-refractivity contribution >= 4 is 6.09 Å². The molecule has 1 aliphatic heterocycles. The molecule has 1 aliphatic rings. The van der Waals surface area contributed by atoms with Crippen molar-refractivity contribution in [3.8, 4) is 11.5 Å². The van der Waals surface area contributed by atoms with Gasteiger partial charge in [0.1, 0.15) is 0 Å². The minimum atomic E-state index is -1.52. The molecular weight excluding hydrogens is 348 g/mol. The number of rotatable bonds is 6. The van der Waals surface area contributed by atoms with E-state index in [2.05, 4.69) is 4.98 Å². The van der Waals surface area contributed by atoms with Crippen LogP contribution in [0, 0.1) is 0 Å². The van der Waals surface area contributed by atoms with Gasteiger partial charge < -0.3 is 19.3 Å². The number of carbonyl (C=O) groups is 1. The number of hydrogen-bond acceptors (Lipinski definition) is 6. The van der Waals surface area contributed by atoms with Crippen LogP contribution in [-0.2, 0) is 16.8 Å². The molecule has 0 bridgehead atoms. The number of amides is 1. The zero-order valence-electron chi connectivity index (χ0n) is 15.9. The van der Waals surface area contributed by atoms with Crippen LogP contribution in [0.2, 0.25) is 0 Å². The fraction of sp³-hybridized carbons (Fsp3) is 0.400. The minimum Gasteiger partial charge on any atom is -0.493 e. The Bertz CT molecular complexity index is 824. The van der Waals surface area contributed by atoms with E-state index in [9.17, 15) is 9.90 Å². The van der Waals surface area contributed by atoms with Crippen LogP contribution in [0.1, 0.15) is 25.0 Å². The number of carbonyl (C=O) groups excluding carboxylic acids is 1. The first-order valence-electron chi connectivity index (χ1n) is 8.68. The Balaban J connectivity index is 1.80. The number of aromatic nitrogens is 1. The number of nitrogens with zero attached hydrogens (tertiary/aromatic N) is 2. The maximum Gasteiger partial charge on any atom is 0.413 e. The summed E-state index contributed by atoms with van der Waals surface area (Å²) in [5, 5.41) is 11.2. The average molecular weight is 372 g/mol. The van der Waals surface area contributed by atoms with E-state index < -0.39 is 17.4 Å². The summed E-state index contributed by atoms with van der Waals surface area (Å²) in [6.45, 7) is 3.56. The van der Waals surface area contributed by atoms with E-state index in [0.29, 0.717) is 23.5 Å². The van der Waals surface area contributed by atoms with Gasteiger partial charge in [0.25, 0.3) is 0 Å². The third-order valence-electron chi connectivity index (χ3n) is 5.23. The monoisotopic (exact) mass is 372 g/mol. The number of hydrogen-bond donors (Lipinski definition) is 1. The largest absolute Gasteiger partial charge is 0.493 e. The topological polar surface area (TPSA) is 81.1 Å². The normalized spacial score (nSPS) is 24.6. The Labute approximate surface area is 158 Å². The average Bonchev–Trinajstić information content (AvgIpc) is 2.85. The molecule has 7 heteroatoms. The summed E-state index contributed by atoms with van der Waals surface area (Å²) in [5.41, 5.74) is -1.15. The van der Waals surface area contributed by atoms with Gasteiger partial charge in [-0.2, -0.15) is 0 Å². The number of methoxy groups -OCH3 is 2. The van der Waals surface area contributed by atoms with Crippen LogP contribution in [0.5, 0.6) is 11.5 Å². The second-order valence-corrected chi connectivity index (χ2v) is 6.75. The molecule has 2 atom stereocenters. The molecular formula is C20H24N2O5. The van der Waals surface area contributed by atoms with Crippen LogP contribution >= 0.6 is 0 Å². The molecule has 27 heavy (non-hydrogen) atoms. The summed E-state index contributed by atoms with van der Waals surface area (Å²) in [4.78, 5) is 17.9. The lowest BCUT2D eigenvalue weighted by molar-refractivity contribution is -0.140. The third kappa shape index (κ3) is 3.19. The molecule has 2 heterocycles. The van der Waals surface area contributed by atoms with Gasteiger partial charge in [-0.25, -0.2) is 4.79 Å². The highest BCUT2D eigenvalue weighted by molar-refractivity contribution is 5.72. The molecule has 2 aromatic rings. The quantitative estimate of drug-likeness (QED) is 0.840. The lowest BCUT2D eigenvalue weighted by Crippen LogP contribution is -2.53. The lowest BCUT2D eigenvalue weighted by Gasteiger charge is -2.37. The molecule has 1 aromatic carbocycles. The molecule has 144 valence electrons. The summed E-state index contributed by atoms with van der Waals surface area (Å²) >= 11 is 0. The fourth-order valence-electron chi connectivity index (χ4n) is 3.33. The minimum absolute atomic E-state index is 0.289. The van der Waals surface area contributed by atoms with Crippen molar-refractivity contribution in [2.24, 2.45) is 0 Å². The molecule has 1 N–H and O–H groups in total. The Kier molecular flexibility index (Phi) is 4.97. The summed E-state index contributed by atoms with van der Waals surface area (Å²) in [7, 11) is 3.15. The predicted molar refractivity (Wildman–Crippen MR) is 98.6 cm³/mol. The molecule has 2 unspecified atom stereocenters. The third-order valence-corrected chi connectivity index (χ3v) is 5.23. The maximum atomic E-state index is 12.5. The molecule has 1 aromatic heterocycles. The molecule has 3 rings (SSSR count). The van der Waals surface area contributed by atoms with Crippen molar-refractivity contribution in [3.63, 3.8) is 0 Å². The molecule has 1 saturated heterocycles. The van der Waals surface area contributed by atoms with E-state index in [4.69, 9.17) is 14.2 Å². The number of pyridine rings is 1. The van der Waals surface area contributed by atoms with E-state index in [-0.39, 0.29) is 6.54 Å². The lowest BCUT2D eigenvalue weighted by atomic mass is 9.86. The first-order valence-corrected chi connectivity index (χ1v) is 8.68. The van der Waals surface area contributed by atoms with E-state index in [1.807, 2.05) is 18.2 Å². The van der Waals surface area contributed by atoms with E-state index in [0.717, 1.165) is 5.56 Å². The Morgan fingerprint density at radius 3 is 2.56 bits per heavy atom. The first-order chi connectivity index (χ1) is 12.8. The zero-order valence-corrected chi connectivity index (χ0v) is 15.9. The van der Waals surface area contributed by atoms with Crippen LogP contribution in [0.4, 0.5) is 4.79 Å². The Morgan fingerprint density at radius 2 is 1.93 bits per heavy atom. The number of cyclic esters (lactones) is 1. The van der Waals surface area contributed by atoms with Gasteiger partial charge in [-0.1, -0.05) is 12.1 Å². The summed E-state index contributed by atoms with van der Waals surface area (Å²) in [6.07, 6.45) is 3.19.